The average Bonchev–Trinajstić information content (AvgIpc) is 2.89. The Morgan fingerprint density at radius 3 is 1.41 bits per heavy atom. The van der Waals surface area contributed by atoms with Crippen LogP contribution in [0.2, 0.25) is 0 Å². The van der Waals surface area contributed by atoms with E-state index in [2.05, 4.69) is 19.1 Å². The summed E-state index contributed by atoms with van der Waals surface area (Å²) in [4.78, 5) is 23.0. The molecule has 0 saturated carbocycles. The number of hydrogen-bond donors (Lipinski definition) is 1. The first kappa shape index (κ1) is 35.7. The van der Waals surface area contributed by atoms with Crippen molar-refractivity contribution in [3.05, 3.63) is 12.2 Å². The van der Waals surface area contributed by atoms with Gasteiger partial charge in [-0.2, -0.15) is 0 Å². The molecule has 37 heavy (non-hydrogen) atoms. The third kappa shape index (κ3) is 27.5. The zero-order valence-electron chi connectivity index (χ0n) is 24.8. The Morgan fingerprint density at radius 2 is 1.00 bits per heavy atom. The zero-order chi connectivity index (χ0) is 27.2. The average molecular weight is 523 g/mol. The van der Waals surface area contributed by atoms with E-state index in [4.69, 9.17) is 4.74 Å². The van der Waals surface area contributed by atoms with E-state index in [9.17, 15) is 14.7 Å². The maximum atomic E-state index is 11.7. The highest BCUT2D eigenvalue weighted by atomic mass is 16.5. The third-order valence-electron chi connectivity index (χ3n) is 7.29. The van der Waals surface area contributed by atoms with Gasteiger partial charge in [-0.1, -0.05) is 148 Å². The highest BCUT2D eigenvalue weighted by Crippen LogP contribution is 2.18. The lowest BCUT2D eigenvalue weighted by atomic mass is 9.97. The van der Waals surface area contributed by atoms with E-state index in [0.29, 0.717) is 13.0 Å². The van der Waals surface area contributed by atoms with E-state index in [1.807, 2.05) is 6.92 Å². The maximum absolute atomic E-state index is 11.7. The van der Waals surface area contributed by atoms with E-state index in [0.717, 1.165) is 19.3 Å². The summed E-state index contributed by atoms with van der Waals surface area (Å²) in [6.07, 6.45) is 35.1. The number of carbonyl (C=O) groups excluding carboxylic acids is 1. The van der Waals surface area contributed by atoms with Gasteiger partial charge in [0.1, 0.15) is 0 Å². The number of allylic oxidation sites excluding steroid dienone is 2. The number of ether oxygens (including phenoxy) is 1. The Hall–Kier alpha value is -1.32. The minimum absolute atomic E-state index is 0.00681. The molecule has 1 unspecified atom stereocenters. The second-order valence-corrected chi connectivity index (χ2v) is 11.0. The van der Waals surface area contributed by atoms with Crippen LogP contribution in [-0.4, -0.2) is 23.7 Å². The Labute approximate surface area is 230 Å². The largest absolute Gasteiger partial charge is 0.481 e. The molecule has 0 radical (unpaired) electrons. The summed E-state index contributed by atoms with van der Waals surface area (Å²) in [6.45, 7) is 4.57. The lowest BCUT2D eigenvalue weighted by molar-refractivity contribution is -0.151. The quantitative estimate of drug-likeness (QED) is 0.0602. The van der Waals surface area contributed by atoms with E-state index in [1.165, 1.54) is 128 Å². The van der Waals surface area contributed by atoms with Gasteiger partial charge >= 0.3 is 11.9 Å². The van der Waals surface area contributed by atoms with Crippen molar-refractivity contribution in [2.45, 2.75) is 174 Å². The predicted molar refractivity (Wildman–Crippen MR) is 158 cm³/mol. The molecule has 0 bridgehead atoms. The van der Waals surface area contributed by atoms with Crippen LogP contribution in [-0.2, 0) is 14.3 Å². The molecule has 0 aromatic carbocycles. The molecule has 0 amide bonds. The fourth-order valence-electron chi connectivity index (χ4n) is 4.83. The molecule has 0 heterocycles. The van der Waals surface area contributed by atoms with Gasteiger partial charge in [-0.05, 0) is 32.1 Å². The third-order valence-corrected chi connectivity index (χ3v) is 7.29. The number of carboxylic acids is 1. The molecule has 0 spiro atoms. The number of carboxylic acid groups (broad SMARTS) is 1. The van der Waals surface area contributed by atoms with Crippen LogP contribution in [0.3, 0.4) is 0 Å². The van der Waals surface area contributed by atoms with E-state index in [1.54, 1.807) is 0 Å². The van der Waals surface area contributed by atoms with Gasteiger partial charge in [0, 0.05) is 0 Å². The Kier molecular flexibility index (Phi) is 28.2. The summed E-state index contributed by atoms with van der Waals surface area (Å²) < 4.78 is 5.02. The molecule has 0 aliphatic heterocycles. The summed E-state index contributed by atoms with van der Waals surface area (Å²) in [6, 6.07) is 0. The van der Waals surface area contributed by atoms with Crippen LogP contribution in [0, 0.1) is 5.92 Å². The van der Waals surface area contributed by atoms with Gasteiger partial charge < -0.3 is 9.84 Å². The van der Waals surface area contributed by atoms with E-state index >= 15 is 0 Å². The molecule has 0 rings (SSSR count). The Balaban J connectivity index is 3.31. The Bertz CT molecular complexity index is 528. The molecular formula is C33H62O4. The van der Waals surface area contributed by atoms with Crippen molar-refractivity contribution < 1.29 is 19.4 Å². The van der Waals surface area contributed by atoms with Crippen molar-refractivity contribution in [1.29, 1.82) is 0 Å². The topological polar surface area (TPSA) is 63.6 Å². The second-order valence-electron chi connectivity index (χ2n) is 11.0. The first-order valence-corrected chi connectivity index (χ1v) is 16.1. The number of aliphatic carboxylic acids is 1. The van der Waals surface area contributed by atoms with Crippen molar-refractivity contribution in [2.75, 3.05) is 6.61 Å². The van der Waals surface area contributed by atoms with Crippen LogP contribution >= 0.6 is 0 Å². The fourth-order valence-corrected chi connectivity index (χ4v) is 4.83. The van der Waals surface area contributed by atoms with Crippen LogP contribution in [0.5, 0.6) is 0 Å². The van der Waals surface area contributed by atoms with E-state index in [-0.39, 0.29) is 12.4 Å². The van der Waals surface area contributed by atoms with Gasteiger partial charge in [0.25, 0.3) is 0 Å². The second kappa shape index (κ2) is 29.2. The molecule has 218 valence electrons. The zero-order valence-corrected chi connectivity index (χ0v) is 24.8. The minimum atomic E-state index is -0.874. The van der Waals surface area contributed by atoms with Crippen molar-refractivity contribution >= 4 is 11.9 Å². The standard InChI is InChI=1S/C33H62O4/c1-3-5-6-7-8-9-10-11-12-13-14-15-16-17-18-19-20-21-22-23-24-25-26-27-28-31(33(35)36)30-32(34)37-29-4-2/h7-8,31H,3-6,9-30H2,1-2H3,(H,35,36)/b8-7+. The van der Waals surface area contributed by atoms with Crippen molar-refractivity contribution in [1.82, 2.24) is 0 Å². The molecule has 0 aromatic heterocycles. The van der Waals surface area contributed by atoms with E-state index < -0.39 is 11.9 Å². The van der Waals surface area contributed by atoms with Gasteiger partial charge in [0.2, 0.25) is 0 Å². The van der Waals surface area contributed by atoms with Crippen molar-refractivity contribution in [3.8, 4) is 0 Å². The normalized spacial score (nSPS) is 12.3. The van der Waals surface area contributed by atoms with Crippen LogP contribution in [0.25, 0.3) is 0 Å². The summed E-state index contributed by atoms with van der Waals surface area (Å²) >= 11 is 0. The SMILES string of the molecule is CCCC/C=C/CCCCCCCCCCCCCCCCCCCCC(CC(=O)OCCC)C(=O)O. The van der Waals surface area contributed by atoms with Crippen molar-refractivity contribution in [3.63, 3.8) is 0 Å². The molecule has 0 saturated heterocycles. The first-order chi connectivity index (χ1) is 18.1. The van der Waals surface area contributed by atoms with Gasteiger partial charge in [-0.15, -0.1) is 0 Å². The molecule has 1 N–H and O–H groups in total. The van der Waals surface area contributed by atoms with Crippen LogP contribution in [0.15, 0.2) is 12.2 Å². The van der Waals surface area contributed by atoms with Crippen LogP contribution in [0.4, 0.5) is 0 Å². The maximum Gasteiger partial charge on any atom is 0.307 e. The number of rotatable bonds is 29. The monoisotopic (exact) mass is 522 g/mol. The predicted octanol–water partition coefficient (Wildman–Crippen LogP) is 10.6. The molecular weight excluding hydrogens is 460 g/mol. The van der Waals surface area contributed by atoms with Crippen LogP contribution < -0.4 is 0 Å². The summed E-state index contributed by atoms with van der Waals surface area (Å²) in [7, 11) is 0. The van der Waals surface area contributed by atoms with Gasteiger partial charge in [-0.3, -0.25) is 9.59 Å². The minimum Gasteiger partial charge on any atom is -0.481 e. The molecule has 0 aliphatic carbocycles. The number of unbranched alkanes of at least 4 members (excludes halogenated alkanes) is 20. The van der Waals surface area contributed by atoms with Crippen molar-refractivity contribution in [2.24, 2.45) is 5.92 Å². The Morgan fingerprint density at radius 1 is 0.595 bits per heavy atom. The van der Waals surface area contributed by atoms with Gasteiger partial charge in [0.15, 0.2) is 0 Å². The molecule has 0 aliphatic rings. The fraction of sp³-hybridized carbons (Fsp3) is 0.879. The number of hydrogen-bond acceptors (Lipinski definition) is 3. The molecule has 4 nitrogen and oxygen atoms in total. The molecule has 4 heteroatoms. The van der Waals surface area contributed by atoms with Gasteiger partial charge in [0.05, 0.1) is 18.9 Å². The lowest BCUT2D eigenvalue weighted by Crippen LogP contribution is -2.19. The molecule has 0 aromatic rings. The summed E-state index contributed by atoms with van der Waals surface area (Å²) in [5.74, 6) is -1.85. The first-order valence-electron chi connectivity index (χ1n) is 16.1. The van der Waals surface area contributed by atoms with Gasteiger partial charge in [-0.25, -0.2) is 0 Å². The molecule has 0 fully saturated rings. The lowest BCUT2D eigenvalue weighted by Gasteiger charge is -2.11. The van der Waals surface area contributed by atoms with Crippen LogP contribution in [0.1, 0.15) is 174 Å². The summed E-state index contributed by atoms with van der Waals surface area (Å²) in [5, 5.41) is 9.32. The molecule has 1 atom stereocenters. The number of carbonyl (C=O) groups is 2. The highest BCUT2D eigenvalue weighted by molar-refractivity contribution is 5.78. The highest BCUT2D eigenvalue weighted by Gasteiger charge is 2.21. The smallest absolute Gasteiger partial charge is 0.307 e. The number of esters is 1. The summed E-state index contributed by atoms with van der Waals surface area (Å²) in [5.41, 5.74) is 0.